The van der Waals surface area contributed by atoms with Gasteiger partial charge in [-0.05, 0) is 155 Å². The van der Waals surface area contributed by atoms with E-state index in [-0.39, 0.29) is 12.2 Å². The molecule has 6 aromatic carbocycles. The van der Waals surface area contributed by atoms with Crippen LogP contribution in [0, 0.1) is 55.4 Å². The van der Waals surface area contributed by atoms with Crippen LogP contribution in [0.5, 0.6) is 23.0 Å². The van der Waals surface area contributed by atoms with Crippen molar-refractivity contribution in [2.24, 2.45) is 0 Å². The molecule has 0 amide bonds. The largest absolute Gasteiger partial charge is 0.490 e. The van der Waals surface area contributed by atoms with E-state index in [9.17, 15) is 0 Å². The number of hydrogen-bond acceptors (Lipinski definition) is 4. The Kier molecular flexibility index (Phi) is 11.7. The average Bonchev–Trinajstić information content (AvgIpc) is 3.39. The zero-order chi connectivity index (χ0) is 42.6. The molecule has 0 aromatic heterocycles. The first-order chi connectivity index (χ1) is 28.5. The standard InChI is InChI=1S/C54H60O4P2/c1-32-19-33(2)24-42(23-32)59(43-25-34(3)20-35(4)26-43)48-15-13-46-52(56-40(9)17-18-55-46)50(48)51-49(16-14-47-53(51)57-41(10)31-54(11,12)58-47)60(44-27-36(5)21-37(6)28-44)45-29-38(7)22-39(8)30-45/h13-16,19-30,40-41H,17-18,31H2,1-12H3. The minimum atomic E-state index is -1.13. The third-order valence-electron chi connectivity index (χ3n) is 11.4. The number of fused-ring (bicyclic) bond motifs is 2. The van der Waals surface area contributed by atoms with E-state index in [0.717, 1.165) is 47.0 Å². The lowest BCUT2D eigenvalue weighted by molar-refractivity contribution is 0.0811. The summed E-state index contributed by atoms with van der Waals surface area (Å²) < 4.78 is 28.2. The Balaban J connectivity index is 1.58. The molecule has 8 rings (SSSR count). The monoisotopic (exact) mass is 834 g/mol. The van der Waals surface area contributed by atoms with Crippen LogP contribution in [0.15, 0.2) is 97.1 Å². The Morgan fingerprint density at radius 3 is 1.22 bits per heavy atom. The van der Waals surface area contributed by atoms with Crippen molar-refractivity contribution in [2.45, 2.75) is 114 Å². The van der Waals surface area contributed by atoms with Gasteiger partial charge < -0.3 is 18.9 Å². The van der Waals surface area contributed by atoms with E-state index in [1.165, 1.54) is 76.3 Å². The normalized spacial score (nSPS) is 17.1. The number of aryl methyl sites for hydroxylation is 8. The summed E-state index contributed by atoms with van der Waals surface area (Å²) in [6.07, 6.45) is 1.36. The molecule has 310 valence electrons. The maximum absolute atomic E-state index is 7.30. The quantitative estimate of drug-likeness (QED) is 0.150. The highest BCUT2D eigenvalue weighted by molar-refractivity contribution is 7.80. The van der Waals surface area contributed by atoms with Gasteiger partial charge in [0.2, 0.25) is 0 Å². The van der Waals surface area contributed by atoms with Crippen LogP contribution < -0.4 is 50.8 Å². The molecule has 0 radical (unpaired) electrons. The van der Waals surface area contributed by atoms with Gasteiger partial charge in [-0.2, -0.15) is 0 Å². The molecule has 2 aliphatic rings. The highest BCUT2D eigenvalue weighted by Crippen LogP contribution is 2.54. The van der Waals surface area contributed by atoms with Gasteiger partial charge in [0.1, 0.15) is 5.60 Å². The van der Waals surface area contributed by atoms with E-state index in [0.29, 0.717) is 6.61 Å². The van der Waals surface area contributed by atoms with Gasteiger partial charge in [-0.25, -0.2) is 0 Å². The fourth-order valence-electron chi connectivity index (χ4n) is 9.43. The topological polar surface area (TPSA) is 36.9 Å². The van der Waals surface area contributed by atoms with Gasteiger partial charge in [0, 0.05) is 24.0 Å². The summed E-state index contributed by atoms with van der Waals surface area (Å²) in [7, 11) is -2.26. The number of rotatable bonds is 7. The smallest absolute Gasteiger partial charge is 0.170 e. The van der Waals surface area contributed by atoms with Crippen LogP contribution in [0.1, 0.15) is 85.0 Å². The first kappa shape index (κ1) is 42.1. The second-order valence-electron chi connectivity index (χ2n) is 18.2. The molecular formula is C54H60O4P2. The van der Waals surface area contributed by atoms with Crippen molar-refractivity contribution in [3.8, 4) is 34.1 Å². The molecule has 0 saturated heterocycles. The molecule has 2 aliphatic heterocycles. The predicted molar refractivity (Wildman–Crippen MR) is 257 cm³/mol. The van der Waals surface area contributed by atoms with Gasteiger partial charge in [-0.15, -0.1) is 0 Å². The van der Waals surface area contributed by atoms with Gasteiger partial charge in [-0.3, -0.25) is 0 Å². The molecule has 2 heterocycles. The minimum Gasteiger partial charge on any atom is -0.490 e. The van der Waals surface area contributed by atoms with E-state index in [2.05, 4.69) is 180 Å². The molecule has 0 bridgehead atoms. The molecule has 0 saturated carbocycles. The lowest BCUT2D eigenvalue weighted by Crippen LogP contribution is -2.31. The van der Waals surface area contributed by atoms with Crippen molar-refractivity contribution in [3.05, 3.63) is 142 Å². The van der Waals surface area contributed by atoms with Gasteiger partial charge in [-0.1, -0.05) is 117 Å². The van der Waals surface area contributed by atoms with Crippen LogP contribution in [0.3, 0.4) is 0 Å². The Labute approximate surface area is 361 Å². The average molecular weight is 835 g/mol. The SMILES string of the molecule is Cc1cc(C)cc(P(c2cc(C)cc(C)c2)c2ccc3c(c2-c2c(P(c4cc(C)cc(C)c4)c4cc(C)cc(C)c4)ccc4c2OC(C)CC(C)(C)O4)OC(C)CCO3)c1. The highest BCUT2D eigenvalue weighted by atomic mass is 31.1. The summed E-state index contributed by atoms with van der Waals surface area (Å²) >= 11 is 0. The molecule has 0 aliphatic carbocycles. The molecule has 0 spiro atoms. The molecule has 2 unspecified atom stereocenters. The Morgan fingerprint density at radius 2 is 0.817 bits per heavy atom. The van der Waals surface area contributed by atoms with Gasteiger partial charge in [0.05, 0.1) is 18.8 Å². The fourth-order valence-corrected chi connectivity index (χ4v) is 15.1. The van der Waals surface area contributed by atoms with Crippen molar-refractivity contribution in [2.75, 3.05) is 6.61 Å². The maximum Gasteiger partial charge on any atom is 0.170 e. The number of ether oxygens (including phenoxy) is 4. The van der Waals surface area contributed by atoms with Crippen LogP contribution in [0.25, 0.3) is 11.1 Å². The molecular weight excluding hydrogens is 775 g/mol. The van der Waals surface area contributed by atoms with E-state index in [1.807, 2.05) is 0 Å². The van der Waals surface area contributed by atoms with E-state index < -0.39 is 21.4 Å². The van der Waals surface area contributed by atoms with Crippen LogP contribution in [0.4, 0.5) is 0 Å². The summed E-state index contributed by atoms with van der Waals surface area (Å²) in [6, 6.07) is 37.2. The third kappa shape index (κ3) is 8.75. The van der Waals surface area contributed by atoms with Crippen LogP contribution in [-0.4, -0.2) is 24.4 Å². The first-order valence-corrected chi connectivity index (χ1v) is 24.1. The van der Waals surface area contributed by atoms with Crippen LogP contribution in [-0.2, 0) is 0 Å². The third-order valence-corrected chi connectivity index (χ3v) is 16.2. The van der Waals surface area contributed by atoms with Crippen molar-refractivity contribution in [1.29, 1.82) is 0 Å². The van der Waals surface area contributed by atoms with Crippen molar-refractivity contribution in [1.82, 2.24) is 0 Å². The molecule has 6 heteroatoms. The van der Waals surface area contributed by atoms with Crippen molar-refractivity contribution < 1.29 is 18.9 Å². The van der Waals surface area contributed by atoms with Crippen molar-refractivity contribution in [3.63, 3.8) is 0 Å². The zero-order valence-corrected chi connectivity index (χ0v) is 39.3. The van der Waals surface area contributed by atoms with Gasteiger partial charge >= 0.3 is 0 Å². The van der Waals surface area contributed by atoms with E-state index >= 15 is 0 Å². The summed E-state index contributed by atoms with van der Waals surface area (Å²) in [5, 5.41) is 7.63. The highest BCUT2D eigenvalue weighted by Gasteiger charge is 2.38. The predicted octanol–water partition coefficient (Wildman–Crippen LogP) is 11.2. The molecule has 0 N–H and O–H groups in total. The lowest BCUT2D eigenvalue weighted by atomic mass is 10.0. The molecule has 6 aromatic rings. The maximum atomic E-state index is 7.30. The van der Waals surface area contributed by atoms with Gasteiger partial charge in [0.15, 0.2) is 23.0 Å². The zero-order valence-electron chi connectivity index (χ0n) is 37.5. The molecule has 0 fully saturated rings. The lowest BCUT2D eigenvalue weighted by Gasteiger charge is -2.31. The second-order valence-corrected chi connectivity index (χ2v) is 22.6. The molecule has 2 atom stereocenters. The summed E-state index contributed by atoms with van der Waals surface area (Å²) in [5.74, 6) is 3.08. The summed E-state index contributed by atoms with van der Waals surface area (Å²) in [5.41, 5.74) is 11.6. The fraction of sp³-hybridized carbons (Fsp3) is 0.333. The molecule has 60 heavy (non-hydrogen) atoms. The number of hydrogen-bond donors (Lipinski definition) is 0. The Bertz CT molecular complexity index is 2420. The van der Waals surface area contributed by atoms with E-state index in [4.69, 9.17) is 18.9 Å². The molecule has 4 nitrogen and oxygen atoms in total. The summed E-state index contributed by atoms with van der Waals surface area (Å²) in [6.45, 7) is 27.0. The van der Waals surface area contributed by atoms with Crippen LogP contribution in [0.2, 0.25) is 0 Å². The van der Waals surface area contributed by atoms with E-state index in [1.54, 1.807) is 0 Å². The Morgan fingerprint density at radius 1 is 0.467 bits per heavy atom. The van der Waals surface area contributed by atoms with Crippen LogP contribution >= 0.6 is 15.8 Å². The number of benzene rings is 6. The minimum absolute atomic E-state index is 0.0601. The Hall–Kier alpha value is -4.62. The van der Waals surface area contributed by atoms with Gasteiger partial charge in [0.25, 0.3) is 0 Å². The summed E-state index contributed by atoms with van der Waals surface area (Å²) in [4.78, 5) is 0. The first-order valence-electron chi connectivity index (χ1n) is 21.4. The second kappa shape index (κ2) is 16.7. The van der Waals surface area contributed by atoms with Crippen molar-refractivity contribution >= 4 is 47.7 Å².